The largest absolute Gasteiger partial charge is 0.444 e. The second-order valence-corrected chi connectivity index (χ2v) is 7.30. The highest BCUT2D eigenvalue weighted by molar-refractivity contribution is 7.99. The van der Waals surface area contributed by atoms with Crippen molar-refractivity contribution in [2.45, 2.75) is 31.3 Å². The Morgan fingerprint density at radius 2 is 2.12 bits per heavy atom. The number of anilines is 1. The van der Waals surface area contributed by atoms with Crippen LogP contribution in [0.25, 0.3) is 0 Å². The molecule has 1 aliphatic rings. The predicted octanol–water partition coefficient (Wildman–Crippen LogP) is 2.56. The lowest BCUT2D eigenvalue weighted by molar-refractivity contribution is -0.385. The molecule has 8 nitrogen and oxygen atoms in total. The van der Waals surface area contributed by atoms with Crippen molar-refractivity contribution in [3.8, 4) is 0 Å². The van der Waals surface area contributed by atoms with Gasteiger partial charge < -0.3 is 15.0 Å². The maximum atomic E-state index is 12.4. The van der Waals surface area contributed by atoms with E-state index in [2.05, 4.69) is 5.32 Å². The number of ether oxygens (including phenoxy) is 1. The van der Waals surface area contributed by atoms with Crippen LogP contribution in [-0.4, -0.2) is 41.4 Å². The van der Waals surface area contributed by atoms with E-state index in [1.807, 2.05) is 0 Å². The van der Waals surface area contributed by atoms with Crippen molar-refractivity contribution in [2.24, 2.45) is 0 Å². The van der Waals surface area contributed by atoms with Crippen LogP contribution >= 0.6 is 11.8 Å². The molecule has 0 fully saturated rings. The first-order valence-electron chi connectivity index (χ1n) is 7.36. The van der Waals surface area contributed by atoms with E-state index in [1.54, 1.807) is 26.8 Å². The Morgan fingerprint density at radius 1 is 1.42 bits per heavy atom. The molecule has 0 saturated carbocycles. The van der Waals surface area contributed by atoms with Gasteiger partial charge in [0.05, 0.1) is 10.6 Å². The lowest BCUT2D eigenvalue weighted by Crippen LogP contribution is -2.43. The number of hydrogen-bond acceptors (Lipinski definition) is 6. The first-order valence-corrected chi connectivity index (χ1v) is 8.34. The fraction of sp³-hybridized carbons (Fsp3) is 0.467. The Balaban J connectivity index is 2.04. The van der Waals surface area contributed by atoms with Crippen molar-refractivity contribution in [3.05, 3.63) is 28.3 Å². The monoisotopic (exact) mass is 353 g/mol. The van der Waals surface area contributed by atoms with E-state index in [1.165, 1.54) is 28.8 Å². The predicted molar refractivity (Wildman–Crippen MR) is 90.4 cm³/mol. The van der Waals surface area contributed by atoms with E-state index < -0.39 is 16.6 Å². The van der Waals surface area contributed by atoms with Crippen LogP contribution in [0.1, 0.15) is 20.8 Å². The summed E-state index contributed by atoms with van der Waals surface area (Å²) >= 11 is 1.46. The van der Waals surface area contributed by atoms with Gasteiger partial charge in [-0.25, -0.2) is 4.79 Å². The summed E-state index contributed by atoms with van der Waals surface area (Å²) in [6.07, 6.45) is -0.661. The molecule has 0 aliphatic carbocycles. The number of amides is 2. The van der Waals surface area contributed by atoms with Crippen LogP contribution in [0.3, 0.4) is 0 Å². The first-order chi connectivity index (χ1) is 11.2. The summed E-state index contributed by atoms with van der Waals surface area (Å²) in [5.74, 6) is 0.336. The molecule has 130 valence electrons. The Labute approximate surface area is 143 Å². The molecule has 0 radical (unpaired) electrons. The standard InChI is InChI=1S/C15H19N3O5S/c1-15(2,3)23-14(20)16-9-13(19)17-6-7-24-12-8-10(18(21)22)4-5-11(12)17/h4-5,8H,6-7,9H2,1-3H3,(H,16,20). The van der Waals surface area contributed by atoms with Crippen molar-refractivity contribution in [1.29, 1.82) is 0 Å². The van der Waals surface area contributed by atoms with Crippen molar-refractivity contribution < 1.29 is 19.2 Å². The van der Waals surface area contributed by atoms with E-state index in [0.29, 0.717) is 22.9 Å². The average molecular weight is 353 g/mol. The van der Waals surface area contributed by atoms with E-state index in [-0.39, 0.29) is 18.1 Å². The van der Waals surface area contributed by atoms with Gasteiger partial charge in [-0.2, -0.15) is 0 Å². The summed E-state index contributed by atoms with van der Waals surface area (Å²) < 4.78 is 5.09. The van der Waals surface area contributed by atoms with Gasteiger partial charge in [0.2, 0.25) is 5.91 Å². The zero-order valence-corrected chi connectivity index (χ0v) is 14.5. The number of nitrogens with zero attached hydrogens (tertiary/aromatic N) is 2. The highest BCUT2D eigenvalue weighted by Crippen LogP contribution is 2.37. The molecule has 0 saturated heterocycles. The van der Waals surface area contributed by atoms with E-state index in [9.17, 15) is 19.7 Å². The minimum absolute atomic E-state index is 0.0116. The molecule has 0 spiro atoms. The van der Waals surface area contributed by atoms with Crippen molar-refractivity contribution in [2.75, 3.05) is 23.7 Å². The third kappa shape index (κ3) is 4.60. The summed E-state index contributed by atoms with van der Waals surface area (Å²) in [5, 5.41) is 13.3. The van der Waals surface area contributed by atoms with Crippen LogP contribution in [0.5, 0.6) is 0 Å². The average Bonchev–Trinajstić information content (AvgIpc) is 2.49. The highest BCUT2D eigenvalue weighted by Gasteiger charge is 2.25. The molecule has 2 rings (SSSR count). The fourth-order valence-corrected chi connectivity index (χ4v) is 3.16. The number of non-ortho nitro benzene ring substituents is 1. The van der Waals surface area contributed by atoms with Crippen LogP contribution in [-0.2, 0) is 9.53 Å². The number of benzene rings is 1. The van der Waals surface area contributed by atoms with Gasteiger partial charge in [-0.05, 0) is 26.8 Å². The van der Waals surface area contributed by atoms with Gasteiger partial charge in [0.15, 0.2) is 0 Å². The second kappa shape index (κ2) is 7.08. The molecule has 0 bridgehead atoms. The zero-order valence-electron chi connectivity index (χ0n) is 13.7. The van der Waals surface area contributed by atoms with Crippen LogP contribution in [0.15, 0.2) is 23.1 Å². The van der Waals surface area contributed by atoms with Gasteiger partial charge in [-0.15, -0.1) is 11.8 Å². The van der Waals surface area contributed by atoms with Crippen molar-refractivity contribution >= 4 is 35.1 Å². The zero-order chi connectivity index (χ0) is 17.9. The topological polar surface area (TPSA) is 102 Å². The molecule has 2 amide bonds. The van der Waals surface area contributed by atoms with Crippen molar-refractivity contribution in [1.82, 2.24) is 5.32 Å². The van der Waals surface area contributed by atoms with Gasteiger partial charge in [0.1, 0.15) is 12.1 Å². The molecule has 0 aromatic heterocycles. The Morgan fingerprint density at radius 3 is 2.75 bits per heavy atom. The first kappa shape index (κ1) is 18.1. The fourth-order valence-electron chi connectivity index (χ4n) is 2.14. The molecule has 1 aromatic carbocycles. The summed E-state index contributed by atoms with van der Waals surface area (Å²) in [6, 6.07) is 4.39. The maximum Gasteiger partial charge on any atom is 0.408 e. The van der Waals surface area contributed by atoms with Crippen molar-refractivity contribution in [3.63, 3.8) is 0 Å². The minimum Gasteiger partial charge on any atom is -0.444 e. The molecule has 1 aliphatic heterocycles. The maximum absolute atomic E-state index is 12.4. The lowest BCUT2D eigenvalue weighted by Gasteiger charge is -2.29. The van der Waals surface area contributed by atoms with Gasteiger partial charge in [-0.1, -0.05) is 0 Å². The number of carbonyl (C=O) groups excluding carboxylic acids is 2. The molecule has 0 unspecified atom stereocenters. The Kier molecular flexibility index (Phi) is 5.33. The van der Waals surface area contributed by atoms with E-state index >= 15 is 0 Å². The Hall–Kier alpha value is -2.29. The lowest BCUT2D eigenvalue weighted by atomic mass is 10.2. The van der Waals surface area contributed by atoms with Crippen LogP contribution < -0.4 is 10.2 Å². The third-order valence-electron chi connectivity index (χ3n) is 3.10. The summed E-state index contributed by atoms with van der Waals surface area (Å²) in [5.41, 5.74) is -0.0317. The molecule has 1 aromatic rings. The quantitative estimate of drug-likeness (QED) is 0.662. The number of carbonyl (C=O) groups is 2. The molecule has 1 N–H and O–H groups in total. The SMILES string of the molecule is CC(C)(C)OC(=O)NCC(=O)N1CCSc2cc([N+](=O)[O-])ccc21. The molecule has 9 heteroatoms. The van der Waals surface area contributed by atoms with Crippen LogP contribution in [0.4, 0.5) is 16.2 Å². The van der Waals surface area contributed by atoms with E-state index in [0.717, 1.165) is 0 Å². The number of nitro benzene ring substituents is 1. The number of nitrogens with one attached hydrogen (secondary N) is 1. The highest BCUT2D eigenvalue weighted by atomic mass is 32.2. The van der Waals surface area contributed by atoms with Gasteiger partial charge >= 0.3 is 6.09 Å². The van der Waals surface area contributed by atoms with Gasteiger partial charge in [0, 0.05) is 29.3 Å². The minimum atomic E-state index is -0.661. The molecule has 0 atom stereocenters. The van der Waals surface area contributed by atoms with Crippen LogP contribution in [0, 0.1) is 10.1 Å². The molecular weight excluding hydrogens is 334 g/mol. The number of fused-ring (bicyclic) bond motifs is 1. The smallest absolute Gasteiger partial charge is 0.408 e. The Bertz CT molecular complexity index is 672. The number of alkyl carbamates (subject to hydrolysis) is 1. The second-order valence-electron chi connectivity index (χ2n) is 6.16. The number of rotatable bonds is 3. The van der Waals surface area contributed by atoms with Crippen LogP contribution in [0.2, 0.25) is 0 Å². The third-order valence-corrected chi connectivity index (χ3v) is 4.13. The molecule has 24 heavy (non-hydrogen) atoms. The number of hydrogen-bond donors (Lipinski definition) is 1. The van der Waals surface area contributed by atoms with E-state index in [4.69, 9.17) is 4.74 Å². The summed E-state index contributed by atoms with van der Waals surface area (Å²) in [4.78, 5) is 36.6. The number of thioether (sulfide) groups is 1. The normalized spacial score (nSPS) is 13.9. The van der Waals surface area contributed by atoms with Gasteiger partial charge in [0.25, 0.3) is 5.69 Å². The van der Waals surface area contributed by atoms with Gasteiger partial charge in [-0.3, -0.25) is 14.9 Å². The number of nitro groups is 1. The summed E-state index contributed by atoms with van der Waals surface area (Å²) in [6.45, 7) is 5.48. The molecular formula is C15H19N3O5S. The molecule has 1 heterocycles. The summed E-state index contributed by atoms with van der Waals surface area (Å²) in [7, 11) is 0.